The molecule has 1 aromatic heterocycles. The maximum Gasteiger partial charge on any atom is 0.131 e. The fourth-order valence-electron chi connectivity index (χ4n) is 1.10. The molecule has 72 valence electrons. The third-order valence-electron chi connectivity index (χ3n) is 2.21. The van der Waals surface area contributed by atoms with E-state index in [9.17, 15) is 0 Å². The standard InChI is InChI=1S/C10H17N3/c1-3-8(2)10-12-6-9(4-5-11)7-13-10/h6-8H,3-5,11H2,1-2H3. The van der Waals surface area contributed by atoms with Crippen LogP contribution in [0.2, 0.25) is 0 Å². The molecule has 0 radical (unpaired) electrons. The second-order valence-electron chi connectivity index (χ2n) is 3.30. The van der Waals surface area contributed by atoms with Crippen LogP contribution in [0.3, 0.4) is 0 Å². The molecule has 1 unspecified atom stereocenters. The van der Waals surface area contributed by atoms with Gasteiger partial charge in [-0.15, -0.1) is 0 Å². The lowest BCUT2D eigenvalue weighted by Gasteiger charge is -2.06. The largest absolute Gasteiger partial charge is 0.330 e. The van der Waals surface area contributed by atoms with Crippen molar-refractivity contribution < 1.29 is 0 Å². The summed E-state index contributed by atoms with van der Waals surface area (Å²) in [5, 5.41) is 0. The summed E-state index contributed by atoms with van der Waals surface area (Å²) in [4.78, 5) is 8.60. The van der Waals surface area contributed by atoms with Crippen LogP contribution < -0.4 is 5.73 Å². The van der Waals surface area contributed by atoms with Gasteiger partial charge in [0, 0.05) is 18.3 Å². The topological polar surface area (TPSA) is 51.8 Å². The van der Waals surface area contributed by atoms with Crippen molar-refractivity contribution >= 4 is 0 Å². The summed E-state index contributed by atoms with van der Waals surface area (Å²) in [6.07, 6.45) is 5.69. The van der Waals surface area contributed by atoms with Gasteiger partial charge < -0.3 is 5.73 Å². The second-order valence-corrected chi connectivity index (χ2v) is 3.30. The first-order chi connectivity index (χ1) is 6.27. The molecule has 0 saturated heterocycles. The molecule has 0 saturated carbocycles. The molecule has 0 aliphatic rings. The molecule has 1 aromatic rings. The molecule has 0 fully saturated rings. The van der Waals surface area contributed by atoms with Gasteiger partial charge in [-0.05, 0) is 24.9 Å². The normalized spacial score (nSPS) is 12.8. The van der Waals surface area contributed by atoms with Crippen LogP contribution in [0.4, 0.5) is 0 Å². The highest BCUT2D eigenvalue weighted by Crippen LogP contribution is 2.13. The minimum atomic E-state index is 0.451. The molecule has 0 aromatic carbocycles. The van der Waals surface area contributed by atoms with Gasteiger partial charge in [-0.1, -0.05) is 13.8 Å². The number of rotatable bonds is 4. The van der Waals surface area contributed by atoms with Crippen LogP contribution >= 0.6 is 0 Å². The van der Waals surface area contributed by atoms with E-state index >= 15 is 0 Å². The van der Waals surface area contributed by atoms with Gasteiger partial charge in [-0.3, -0.25) is 0 Å². The zero-order chi connectivity index (χ0) is 9.68. The van der Waals surface area contributed by atoms with Crippen molar-refractivity contribution in [1.82, 2.24) is 9.97 Å². The van der Waals surface area contributed by atoms with E-state index in [4.69, 9.17) is 5.73 Å². The predicted molar refractivity (Wildman–Crippen MR) is 53.5 cm³/mol. The molecule has 0 bridgehead atoms. The zero-order valence-corrected chi connectivity index (χ0v) is 8.33. The number of aromatic nitrogens is 2. The zero-order valence-electron chi connectivity index (χ0n) is 8.33. The van der Waals surface area contributed by atoms with Crippen LogP contribution in [-0.4, -0.2) is 16.5 Å². The minimum absolute atomic E-state index is 0.451. The van der Waals surface area contributed by atoms with Gasteiger partial charge in [0.1, 0.15) is 5.82 Å². The molecule has 0 aliphatic carbocycles. The molecule has 0 spiro atoms. The summed E-state index contributed by atoms with van der Waals surface area (Å²) in [7, 11) is 0. The second kappa shape index (κ2) is 4.92. The van der Waals surface area contributed by atoms with Crippen molar-refractivity contribution in [1.29, 1.82) is 0 Å². The molecule has 13 heavy (non-hydrogen) atoms. The summed E-state index contributed by atoms with van der Waals surface area (Å²) in [6.45, 7) is 4.94. The van der Waals surface area contributed by atoms with E-state index in [1.165, 1.54) is 0 Å². The van der Waals surface area contributed by atoms with E-state index in [1.807, 2.05) is 12.4 Å². The monoisotopic (exact) mass is 179 g/mol. The molecule has 1 rings (SSSR count). The Balaban J connectivity index is 2.69. The molecular formula is C10H17N3. The van der Waals surface area contributed by atoms with Crippen molar-refractivity contribution in [3.63, 3.8) is 0 Å². The third-order valence-corrected chi connectivity index (χ3v) is 2.21. The minimum Gasteiger partial charge on any atom is -0.330 e. The van der Waals surface area contributed by atoms with Gasteiger partial charge in [0.2, 0.25) is 0 Å². The average Bonchev–Trinajstić information content (AvgIpc) is 2.18. The predicted octanol–water partition coefficient (Wildman–Crippen LogP) is 1.49. The van der Waals surface area contributed by atoms with Crippen LogP contribution in [0.5, 0.6) is 0 Å². The molecular weight excluding hydrogens is 162 g/mol. The lowest BCUT2D eigenvalue weighted by Crippen LogP contribution is -2.05. The van der Waals surface area contributed by atoms with Crippen LogP contribution in [0, 0.1) is 0 Å². The van der Waals surface area contributed by atoms with Gasteiger partial charge >= 0.3 is 0 Å². The Morgan fingerprint density at radius 1 is 1.38 bits per heavy atom. The van der Waals surface area contributed by atoms with Crippen molar-refractivity contribution in [3.8, 4) is 0 Å². The molecule has 2 N–H and O–H groups in total. The van der Waals surface area contributed by atoms with Crippen molar-refractivity contribution in [3.05, 3.63) is 23.8 Å². The van der Waals surface area contributed by atoms with Gasteiger partial charge in [-0.25, -0.2) is 9.97 Å². The summed E-state index contributed by atoms with van der Waals surface area (Å²) in [5.74, 6) is 1.38. The van der Waals surface area contributed by atoms with E-state index in [2.05, 4.69) is 23.8 Å². The van der Waals surface area contributed by atoms with E-state index in [-0.39, 0.29) is 0 Å². The van der Waals surface area contributed by atoms with Gasteiger partial charge in [-0.2, -0.15) is 0 Å². The van der Waals surface area contributed by atoms with E-state index < -0.39 is 0 Å². The molecule has 3 nitrogen and oxygen atoms in total. The summed E-state index contributed by atoms with van der Waals surface area (Å²) in [6, 6.07) is 0. The maximum absolute atomic E-state index is 5.43. The number of nitrogens with two attached hydrogens (primary N) is 1. The molecule has 1 heterocycles. The fourth-order valence-corrected chi connectivity index (χ4v) is 1.10. The van der Waals surface area contributed by atoms with E-state index in [0.29, 0.717) is 12.5 Å². The summed E-state index contributed by atoms with van der Waals surface area (Å²) < 4.78 is 0. The number of hydrogen-bond donors (Lipinski definition) is 1. The van der Waals surface area contributed by atoms with Crippen molar-refractivity contribution in [2.24, 2.45) is 5.73 Å². The molecule has 0 aliphatic heterocycles. The first-order valence-electron chi connectivity index (χ1n) is 4.78. The van der Waals surface area contributed by atoms with Crippen LogP contribution in [0.25, 0.3) is 0 Å². The SMILES string of the molecule is CCC(C)c1ncc(CCN)cn1. The Hall–Kier alpha value is -0.960. The molecule has 1 atom stereocenters. The highest BCUT2D eigenvalue weighted by atomic mass is 14.9. The Labute approximate surface area is 79.4 Å². The molecule has 0 amide bonds. The fraction of sp³-hybridized carbons (Fsp3) is 0.600. The molecule has 3 heteroatoms. The Bertz CT molecular complexity index is 243. The van der Waals surface area contributed by atoms with E-state index in [0.717, 1.165) is 24.2 Å². The Morgan fingerprint density at radius 2 is 2.00 bits per heavy atom. The first kappa shape index (κ1) is 10.1. The lowest BCUT2D eigenvalue weighted by atomic mass is 10.1. The van der Waals surface area contributed by atoms with E-state index in [1.54, 1.807) is 0 Å². The van der Waals surface area contributed by atoms with Gasteiger partial charge in [0.05, 0.1) is 0 Å². The van der Waals surface area contributed by atoms with Crippen molar-refractivity contribution in [2.75, 3.05) is 6.54 Å². The first-order valence-corrected chi connectivity index (χ1v) is 4.78. The van der Waals surface area contributed by atoms with Gasteiger partial charge in [0.25, 0.3) is 0 Å². The van der Waals surface area contributed by atoms with Crippen LogP contribution in [-0.2, 0) is 6.42 Å². The average molecular weight is 179 g/mol. The number of hydrogen-bond acceptors (Lipinski definition) is 3. The third kappa shape index (κ3) is 2.77. The quantitative estimate of drug-likeness (QED) is 0.762. The number of nitrogens with zero attached hydrogens (tertiary/aromatic N) is 2. The smallest absolute Gasteiger partial charge is 0.131 e. The maximum atomic E-state index is 5.43. The van der Waals surface area contributed by atoms with Crippen LogP contribution in [0.15, 0.2) is 12.4 Å². The summed E-state index contributed by atoms with van der Waals surface area (Å²) in [5.41, 5.74) is 6.55. The van der Waals surface area contributed by atoms with Gasteiger partial charge in [0.15, 0.2) is 0 Å². The highest BCUT2D eigenvalue weighted by Gasteiger charge is 2.04. The Kier molecular flexibility index (Phi) is 3.83. The Morgan fingerprint density at radius 3 is 2.46 bits per heavy atom. The lowest BCUT2D eigenvalue weighted by molar-refractivity contribution is 0.675. The van der Waals surface area contributed by atoms with Crippen molar-refractivity contribution in [2.45, 2.75) is 32.6 Å². The highest BCUT2D eigenvalue weighted by molar-refractivity contribution is 5.07. The summed E-state index contributed by atoms with van der Waals surface area (Å²) >= 11 is 0. The van der Waals surface area contributed by atoms with Crippen LogP contribution in [0.1, 0.15) is 37.6 Å².